The van der Waals surface area contributed by atoms with Gasteiger partial charge in [-0.25, -0.2) is 4.39 Å². The van der Waals surface area contributed by atoms with Crippen molar-refractivity contribution in [1.29, 1.82) is 0 Å². The van der Waals surface area contributed by atoms with E-state index in [4.69, 9.17) is 0 Å². The van der Waals surface area contributed by atoms with Crippen LogP contribution in [0.25, 0.3) is 0 Å². The minimum Gasteiger partial charge on any atom is -0.389 e. The molecule has 1 aromatic carbocycles. The van der Waals surface area contributed by atoms with Gasteiger partial charge in [0.1, 0.15) is 5.82 Å². The molecule has 0 amide bonds. The molecule has 0 spiro atoms. The molecule has 0 unspecified atom stereocenters. The van der Waals surface area contributed by atoms with E-state index in [-0.39, 0.29) is 5.82 Å². The van der Waals surface area contributed by atoms with Gasteiger partial charge in [0.05, 0.1) is 6.10 Å². The van der Waals surface area contributed by atoms with Crippen LogP contribution in [0.15, 0.2) is 12.1 Å². The first kappa shape index (κ1) is 12.7. The Morgan fingerprint density at radius 1 is 1.35 bits per heavy atom. The molecule has 1 aromatic rings. The number of aryl methyl sites for hydroxylation is 1. The van der Waals surface area contributed by atoms with E-state index >= 15 is 0 Å². The van der Waals surface area contributed by atoms with E-state index in [0.717, 1.165) is 30.3 Å². The van der Waals surface area contributed by atoms with Gasteiger partial charge >= 0.3 is 0 Å². The standard InChI is InChI=1S/C13H18FNOS/c1-9-7-13(15-3-5-17-6-4-15)11(10(2)16)8-12(9)14/h7-8,10,16H,3-6H2,1-2H3/t10-/m1/s1. The number of aliphatic hydroxyl groups is 1. The fourth-order valence-corrected chi connectivity index (χ4v) is 3.00. The smallest absolute Gasteiger partial charge is 0.126 e. The van der Waals surface area contributed by atoms with Crippen molar-refractivity contribution in [3.63, 3.8) is 0 Å². The number of rotatable bonds is 2. The second kappa shape index (κ2) is 5.27. The summed E-state index contributed by atoms with van der Waals surface area (Å²) in [6.07, 6.45) is -0.630. The zero-order valence-corrected chi connectivity index (χ0v) is 11.1. The maximum atomic E-state index is 13.6. The Hall–Kier alpha value is -0.740. The minimum atomic E-state index is -0.630. The van der Waals surface area contributed by atoms with E-state index in [1.54, 1.807) is 13.8 Å². The molecular formula is C13H18FNOS. The number of hydrogen-bond donors (Lipinski definition) is 1. The SMILES string of the molecule is Cc1cc(N2CCSCC2)c([C@@H](C)O)cc1F. The van der Waals surface area contributed by atoms with Crippen molar-refractivity contribution in [1.82, 2.24) is 0 Å². The summed E-state index contributed by atoms with van der Waals surface area (Å²) in [4.78, 5) is 2.24. The topological polar surface area (TPSA) is 23.5 Å². The normalized spacial score (nSPS) is 18.2. The maximum Gasteiger partial charge on any atom is 0.126 e. The Bertz CT molecular complexity index is 403. The second-order valence-electron chi connectivity index (χ2n) is 4.44. The van der Waals surface area contributed by atoms with Crippen LogP contribution in [-0.4, -0.2) is 29.7 Å². The van der Waals surface area contributed by atoms with Gasteiger partial charge in [0.2, 0.25) is 0 Å². The third-order valence-corrected chi connectivity index (χ3v) is 4.05. The molecule has 1 heterocycles. The summed E-state index contributed by atoms with van der Waals surface area (Å²) in [5.41, 5.74) is 2.32. The molecule has 0 saturated carbocycles. The number of benzene rings is 1. The van der Waals surface area contributed by atoms with Crippen molar-refractivity contribution in [3.05, 3.63) is 29.1 Å². The van der Waals surface area contributed by atoms with Gasteiger partial charge in [0, 0.05) is 35.8 Å². The molecule has 1 aliphatic rings. The monoisotopic (exact) mass is 255 g/mol. The molecule has 94 valence electrons. The highest BCUT2D eigenvalue weighted by molar-refractivity contribution is 7.99. The number of aliphatic hydroxyl groups excluding tert-OH is 1. The Morgan fingerprint density at radius 2 is 2.00 bits per heavy atom. The number of anilines is 1. The average Bonchev–Trinajstić information content (AvgIpc) is 2.33. The van der Waals surface area contributed by atoms with Crippen LogP contribution < -0.4 is 4.90 Å². The van der Waals surface area contributed by atoms with E-state index in [0.29, 0.717) is 11.1 Å². The lowest BCUT2D eigenvalue weighted by Crippen LogP contribution is -2.33. The molecule has 1 fully saturated rings. The van der Waals surface area contributed by atoms with Crippen LogP contribution in [0.1, 0.15) is 24.2 Å². The van der Waals surface area contributed by atoms with Gasteiger partial charge in [-0.3, -0.25) is 0 Å². The number of nitrogens with zero attached hydrogens (tertiary/aromatic N) is 1. The molecule has 0 aliphatic carbocycles. The Balaban J connectivity index is 2.39. The van der Waals surface area contributed by atoms with E-state index < -0.39 is 6.10 Å². The highest BCUT2D eigenvalue weighted by atomic mass is 32.2. The van der Waals surface area contributed by atoms with Crippen molar-refractivity contribution in [2.24, 2.45) is 0 Å². The summed E-state index contributed by atoms with van der Waals surface area (Å²) in [6, 6.07) is 3.32. The maximum absolute atomic E-state index is 13.6. The lowest BCUT2D eigenvalue weighted by molar-refractivity contribution is 0.199. The molecule has 1 atom stereocenters. The lowest BCUT2D eigenvalue weighted by Gasteiger charge is -2.31. The Kier molecular flexibility index (Phi) is 3.94. The summed E-state index contributed by atoms with van der Waals surface area (Å²) in [6.45, 7) is 5.39. The van der Waals surface area contributed by atoms with Crippen LogP contribution in [0.4, 0.5) is 10.1 Å². The molecule has 17 heavy (non-hydrogen) atoms. The van der Waals surface area contributed by atoms with Crippen LogP contribution in [-0.2, 0) is 0 Å². The number of halogens is 1. The summed E-state index contributed by atoms with van der Waals surface area (Å²) in [5.74, 6) is 1.95. The third kappa shape index (κ3) is 2.75. The second-order valence-corrected chi connectivity index (χ2v) is 5.66. The van der Waals surface area contributed by atoms with Gasteiger partial charge in [-0.15, -0.1) is 0 Å². The summed E-state index contributed by atoms with van der Waals surface area (Å²) in [7, 11) is 0. The van der Waals surface area contributed by atoms with Gasteiger partial charge in [-0.05, 0) is 31.5 Å². The van der Waals surface area contributed by atoms with Crippen molar-refractivity contribution in [2.75, 3.05) is 29.5 Å². The fourth-order valence-electron chi connectivity index (χ4n) is 2.09. The quantitative estimate of drug-likeness (QED) is 0.879. The van der Waals surface area contributed by atoms with Crippen LogP contribution in [0.3, 0.4) is 0 Å². The third-order valence-electron chi connectivity index (χ3n) is 3.11. The van der Waals surface area contributed by atoms with Gasteiger partial charge < -0.3 is 10.0 Å². The fraction of sp³-hybridized carbons (Fsp3) is 0.538. The largest absolute Gasteiger partial charge is 0.389 e. The van der Waals surface area contributed by atoms with Crippen molar-refractivity contribution in [2.45, 2.75) is 20.0 Å². The number of thioether (sulfide) groups is 1. The van der Waals surface area contributed by atoms with E-state index in [9.17, 15) is 9.50 Å². The van der Waals surface area contributed by atoms with Crippen LogP contribution in [0.2, 0.25) is 0 Å². The summed E-state index contributed by atoms with van der Waals surface area (Å²) < 4.78 is 13.6. The van der Waals surface area contributed by atoms with Crippen molar-refractivity contribution < 1.29 is 9.50 Å². The molecule has 1 saturated heterocycles. The van der Waals surface area contributed by atoms with E-state index in [1.165, 1.54) is 6.07 Å². The van der Waals surface area contributed by atoms with Crippen molar-refractivity contribution in [3.8, 4) is 0 Å². The first-order chi connectivity index (χ1) is 8.09. The zero-order chi connectivity index (χ0) is 12.4. The van der Waals surface area contributed by atoms with E-state index in [2.05, 4.69) is 4.90 Å². The first-order valence-electron chi connectivity index (χ1n) is 5.90. The van der Waals surface area contributed by atoms with E-state index in [1.807, 2.05) is 17.8 Å². The Labute approximate surface area is 106 Å². The molecule has 2 nitrogen and oxygen atoms in total. The van der Waals surface area contributed by atoms with Crippen LogP contribution in [0.5, 0.6) is 0 Å². The molecule has 4 heteroatoms. The molecule has 2 rings (SSSR count). The average molecular weight is 255 g/mol. The molecule has 1 aliphatic heterocycles. The molecule has 0 aromatic heterocycles. The minimum absolute atomic E-state index is 0.240. The summed E-state index contributed by atoms with van der Waals surface area (Å²) >= 11 is 1.94. The highest BCUT2D eigenvalue weighted by Crippen LogP contribution is 2.30. The Morgan fingerprint density at radius 3 is 2.59 bits per heavy atom. The predicted molar refractivity (Wildman–Crippen MR) is 71.3 cm³/mol. The highest BCUT2D eigenvalue weighted by Gasteiger charge is 2.18. The van der Waals surface area contributed by atoms with Gasteiger partial charge in [-0.2, -0.15) is 11.8 Å². The van der Waals surface area contributed by atoms with Gasteiger partial charge in [0.15, 0.2) is 0 Å². The zero-order valence-electron chi connectivity index (χ0n) is 10.2. The molecule has 1 N–H and O–H groups in total. The lowest BCUT2D eigenvalue weighted by atomic mass is 10.0. The molecule has 0 radical (unpaired) electrons. The van der Waals surface area contributed by atoms with Gasteiger partial charge in [0.25, 0.3) is 0 Å². The summed E-state index contributed by atoms with van der Waals surface area (Å²) in [5, 5.41) is 9.75. The van der Waals surface area contributed by atoms with Crippen LogP contribution >= 0.6 is 11.8 Å². The molecular weight excluding hydrogens is 237 g/mol. The van der Waals surface area contributed by atoms with Gasteiger partial charge in [-0.1, -0.05) is 0 Å². The number of hydrogen-bond acceptors (Lipinski definition) is 3. The van der Waals surface area contributed by atoms with Crippen molar-refractivity contribution >= 4 is 17.4 Å². The van der Waals surface area contributed by atoms with Crippen LogP contribution in [0, 0.1) is 12.7 Å². The first-order valence-corrected chi connectivity index (χ1v) is 7.06. The molecule has 0 bridgehead atoms. The predicted octanol–water partition coefficient (Wildman–Crippen LogP) is 2.74.